The van der Waals surface area contributed by atoms with E-state index in [4.69, 9.17) is 4.74 Å². The van der Waals surface area contributed by atoms with Gasteiger partial charge < -0.3 is 9.30 Å². The lowest BCUT2D eigenvalue weighted by atomic mass is 10.2. The van der Waals surface area contributed by atoms with E-state index in [1.54, 1.807) is 18.9 Å². The maximum Gasteiger partial charge on any atom is 0.191 e. The Labute approximate surface area is 162 Å². The SMILES string of the molecule is CCCCn1c(SCc2nnnn2C2CC2)nnc1-c1ccc(OC)cc1. The summed E-state index contributed by atoms with van der Waals surface area (Å²) in [5.74, 6) is 3.31. The third-order valence-electron chi connectivity index (χ3n) is 4.58. The van der Waals surface area contributed by atoms with Gasteiger partial charge in [-0.05, 0) is 54.0 Å². The van der Waals surface area contributed by atoms with Gasteiger partial charge >= 0.3 is 0 Å². The number of tetrazole rings is 1. The third-order valence-corrected chi connectivity index (χ3v) is 5.55. The molecular weight excluding hydrogens is 362 g/mol. The van der Waals surface area contributed by atoms with Crippen LogP contribution in [0.25, 0.3) is 11.4 Å². The first-order chi connectivity index (χ1) is 13.3. The summed E-state index contributed by atoms with van der Waals surface area (Å²) < 4.78 is 9.40. The smallest absolute Gasteiger partial charge is 0.191 e. The molecule has 2 aromatic heterocycles. The number of methoxy groups -OCH3 is 1. The highest BCUT2D eigenvalue weighted by atomic mass is 32.2. The minimum atomic E-state index is 0.475. The van der Waals surface area contributed by atoms with E-state index >= 15 is 0 Å². The molecule has 1 aliphatic carbocycles. The topological polar surface area (TPSA) is 83.5 Å². The van der Waals surface area contributed by atoms with Crippen LogP contribution < -0.4 is 4.74 Å². The summed E-state index contributed by atoms with van der Waals surface area (Å²) in [5.41, 5.74) is 1.04. The van der Waals surface area contributed by atoms with Crippen LogP contribution in [-0.2, 0) is 12.3 Å². The number of rotatable bonds is 9. The molecule has 1 aromatic carbocycles. The summed E-state index contributed by atoms with van der Waals surface area (Å²) in [6.07, 6.45) is 4.52. The van der Waals surface area contributed by atoms with Crippen LogP contribution in [0.1, 0.15) is 44.5 Å². The minimum Gasteiger partial charge on any atom is -0.497 e. The molecule has 9 heteroatoms. The van der Waals surface area contributed by atoms with Crippen LogP contribution >= 0.6 is 11.8 Å². The zero-order chi connectivity index (χ0) is 18.6. The van der Waals surface area contributed by atoms with Crippen LogP contribution in [0.3, 0.4) is 0 Å². The van der Waals surface area contributed by atoms with Gasteiger partial charge in [0.15, 0.2) is 16.8 Å². The van der Waals surface area contributed by atoms with Gasteiger partial charge in [0.1, 0.15) is 5.75 Å². The van der Waals surface area contributed by atoms with E-state index in [0.717, 1.165) is 60.3 Å². The van der Waals surface area contributed by atoms with E-state index in [9.17, 15) is 0 Å². The molecule has 142 valence electrons. The van der Waals surface area contributed by atoms with Gasteiger partial charge in [-0.25, -0.2) is 4.68 Å². The molecule has 0 unspecified atom stereocenters. The number of benzene rings is 1. The summed E-state index contributed by atoms with van der Waals surface area (Å²) in [5, 5.41) is 21.9. The summed E-state index contributed by atoms with van der Waals surface area (Å²) in [6, 6.07) is 8.42. The minimum absolute atomic E-state index is 0.475. The fourth-order valence-electron chi connectivity index (χ4n) is 2.91. The van der Waals surface area contributed by atoms with E-state index < -0.39 is 0 Å². The molecule has 3 aromatic rings. The Balaban J connectivity index is 1.56. The molecule has 27 heavy (non-hydrogen) atoms. The van der Waals surface area contributed by atoms with Gasteiger partial charge in [0, 0.05) is 12.1 Å². The Morgan fingerprint density at radius 2 is 1.96 bits per heavy atom. The van der Waals surface area contributed by atoms with Crippen molar-refractivity contribution in [2.24, 2.45) is 0 Å². The maximum atomic E-state index is 5.25. The lowest BCUT2D eigenvalue weighted by molar-refractivity contribution is 0.415. The molecule has 8 nitrogen and oxygen atoms in total. The highest BCUT2D eigenvalue weighted by Crippen LogP contribution is 2.35. The third kappa shape index (κ3) is 3.97. The number of nitrogens with zero attached hydrogens (tertiary/aromatic N) is 7. The zero-order valence-corrected chi connectivity index (χ0v) is 16.4. The number of hydrogen-bond acceptors (Lipinski definition) is 7. The molecule has 2 heterocycles. The zero-order valence-electron chi connectivity index (χ0n) is 15.6. The van der Waals surface area contributed by atoms with Gasteiger partial charge in [-0.15, -0.1) is 15.3 Å². The summed E-state index contributed by atoms with van der Waals surface area (Å²) >= 11 is 1.64. The van der Waals surface area contributed by atoms with Gasteiger partial charge in [-0.1, -0.05) is 25.1 Å². The van der Waals surface area contributed by atoms with Crippen LogP contribution in [-0.4, -0.2) is 42.1 Å². The van der Waals surface area contributed by atoms with Crippen molar-refractivity contribution >= 4 is 11.8 Å². The Bertz CT molecular complexity index is 886. The summed E-state index contributed by atoms with van der Waals surface area (Å²) in [7, 11) is 1.67. The van der Waals surface area contributed by atoms with Crippen LogP contribution in [0, 0.1) is 0 Å². The Morgan fingerprint density at radius 1 is 1.15 bits per heavy atom. The quantitative estimate of drug-likeness (QED) is 0.522. The summed E-state index contributed by atoms with van der Waals surface area (Å²) in [4.78, 5) is 0. The molecule has 4 rings (SSSR count). The molecule has 1 fully saturated rings. The Kier molecular flexibility index (Phi) is 5.38. The molecule has 0 spiro atoms. The lowest BCUT2D eigenvalue weighted by Gasteiger charge is -2.10. The number of thioether (sulfide) groups is 1. The van der Waals surface area contributed by atoms with Crippen molar-refractivity contribution in [3.8, 4) is 17.1 Å². The van der Waals surface area contributed by atoms with Gasteiger partial charge in [0.25, 0.3) is 0 Å². The average Bonchev–Trinajstić information content (AvgIpc) is 3.30. The summed E-state index contributed by atoms with van der Waals surface area (Å²) in [6.45, 7) is 3.08. The standard InChI is InChI=1S/C18H23N7OS/c1-3-4-11-24-17(13-5-9-15(26-2)10-6-13)20-21-18(24)27-12-16-19-22-23-25(16)14-7-8-14/h5-6,9-10,14H,3-4,7-8,11-12H2,1-2H3. The van der Waals surface area contributed by atoms with E-state index in [1.165, 1.54) is 0 Å². The fraction of sp³-hybridized carbons (Fsp3) is 0.500. The lowest BCUT2D eigenvalue weighted by Crippen LogP contribution is -2.05. The molecule has 0 radical (unpaired) electrons. The van der Waals surface area contributed by atoms with Crippen molar-refractivity contribution in [2.45, 2.75) is 56.1 Å². The molecule has 0 N–H and O–H groups in total. The number of ether oxygens (including phenoxy) is 1. The predicted molar refractivity (Wildman–Crippen MR) is 103 cm³/mol. The van der Waals surface area contributed by atoms with E-state index in [-0.39, 0.29) is 0 Å². The first-order valence-electron chi connectivity index (χ1n) is 9.27. The molecule has 1 saturated carbocycles. The van der Waals surface area contributed by atoms with E-state index in [1.807, 2.05) is 28.9 Å². The first-order valence-corrected chi connectivity index (χ1v) is 10.3. The Morgan fingerprint density at radius 3 is 2.67 bits per heavy atom. The van der Waals surface area contributed by atoms with Crippen LogP contribution in [0.4, 0.5) is 0 Å². The first kappa shape index (κ1) is 18.0. The number of unbranched alkanes of at least 4 members (excludes halogenated alkanes) is 1. The van der Waals surface area contributed by atoms with Gasteiger partial charge in [-0.2, -0.15) is 0 Å². The molecule has 0 saturated heterocycles. The predicted octanol–water partition coefficient (Wildman–Crippen LogP) is 3.37. The Hall–Kier alpha value is -2.42. The van der Waals surface area contributed by atoms with Gasteiger partial charge in [0.05, 0.1) is 18.9 Å². The second-order valence-electron chi connectivity index (χ2n) is 6.60. The maximum absolute atomic E-state index is 5.25. The van der Waals surface area contributed by atoms with Crippen molar-refractivity contribution in [3.05, 3.63) is 30.1 Å². The average molecular weight is 385 g/mol. The fourth-order valence-corrected chi connectivity index (χ4v) is 3.79. The largest absolute Gasteiger partial charge is 0.497 e. The monoisotopic (exact) mass is 385 g/mol. The van der Waals surface area contributed by atoms with Crippen LogP contribution in [0.5, 0.6) is 5.75 Å². The normalized spacial score (nSPS) is 13.9. The van der Waals surface area contributed by atoms with Crippen LogP contribution in [0.2, 0.25) is 0 Å². The number of aromatic nitrogens is 7. The second kappa shape index (κ2) is 8.08. The van der Waals surface area contributed by atoms with Gasteiger partial charge in [-0.3, -0.25) is 0 Å². The molecule has 0 bridgehead atoms. The van der Waals surface area contributed by atoms with Gasteiger partial charge in [0.2, 0.25) is 0 Å². The second-order valence-corrected chi connectivity index (χ2v) is 7.54. The van der Waals surface area contributed by atoms with Crippen molar-refractivity contribution < 1.29 is 4.74 Å². The van der Waals surface area contributed by atoms with Crippen molar-refractivity contribution in [2.75, 3.05) is 7.11 Å². The highest BCUT2D eigenvalue weighted by molar-refractivity contribution is 7.98. The van der Waals surface area contributed by atoms with Crippen molar-refractivity contribution in [1.82, 2.24) is 35.0 Å². The number of hydrogen-bond donors (Lipinski definition) is 0. The molecule has 0 aliphatic heterocycles. The van der Waals surface area contributed by atoms with Crippen molar-refractivity contribution in [3.63, 3.8) is 0 Å². The molecule has 0 atom stereocenters. The van der Waals surface area contributed by atoms with Crippen LogP contribution in [0.15, 0.2) is 29.4 Å². The van der Waals surface area contributed by atoms with E-state index in [0.29, 0.717) is 11.8 Å². The van der Waals surface area contributed by atoms with E-state index in [2.05, 4.69) is 37.2 Å². The molecular formula is C18H23N7OS. The molecule has 1 aliphatic rings. The highest BCUT2D eigenvalue weighted by Gasteiger charge is 2.28. The molecule has 0 amide bonds. The van der Waals surface area contributed by atoms with Crippen molar-refractivity contribution in [1.29, 1.82) is 0 Å².